The average molecular weight is 399 g/mol. The molecule has 2 unspecified atom stereocenters. The fraction of sp³-hybridized carbons (Fsp3) is 0.500. The fourth-order valence-corrected chi connectivity index (χ4v) is 4.33. The van der Waals surface area contributed by atoms with Crippen molar-refractivity contribution in [2.75, 3.05) is 33.2 Å². The summed E-state index contributed by atoms with van der Waals surface area (Å²) < 4.78 is 0. The summed E-state index contributed by atoms with van der Waals surface area (Å²) in [6.45, 7) is 3.91. The van der Waals surface area contributed by atoms with E-state index in [1.54, 1.807) is 12.1 Å². The zero-order chi connectivity index (χ0) is 20.7. The number of nitrogens with one attached hydrogen (secondary N) is 1. The highest BCUT2D eigenvalue weighted by Gasteiger charge is 2.44. The highest BCUT2D eigenvalue weighted by Crippen LogP contribution is 2.29. The molecule has 3 heterocycles. The van der Waals surface area contributed by atoms with Crippen LogP contribution in [0, 0.1) is 0 Å². The van der Waals surface area contributed by atoms with Gasteiger partial charge in [-0.3, -0.25) is 34.3 Å². The largest absolute Gasteiger partial charge is 0.329 e. The molecule has 3 aliphatic heterocycles. The van der Waals surface area contributed by atoms with E-state index in [1.165, 1.54) is 0 Å². The number of piperazine rings is 1. The molecule has 29 heavy (non-hydrogen) atoms. The standard InChI is InChI=1S/C20H25N5O4/c1-23-6-7-24(13(9-21)11-23)10-12-2-3-14-15(8-12)20(29)25(19(14)28)16-4-5-17(26)22-18(16)27/h2-3,8,13,16H,4-7,9-11,21H2,1H3,(H,22,26,27). The Morgan fingerprint density at radius 2 is 1.86 bits per heavy atom. The first-order chi connectivity index (χ1) is 13.9. The topological polar surface area (TPSA) is 116 Å². The fourth-order valence-electron chi connectivity index (χ4n) is 4.33. The van der Waals surface area contributed by atoms with Gasteiger partial charge in [0.2, 0.25) is 11.8 Å². The first-order valence-corrected chi connectivity index (χ1v) is 9.86. The minimum atomic E-state index is -0.942. The molecule has 1 aromatic carbocycles. The molecule has 3 aliphatic rings. The molecule has 0 aromatic heterocycles. The van der Waals surface area contributed by atoms with Gasteiger partial charge in [0.15, 0.2) is 0 Å². The molecule has 9 nitrogen and oxygen atoms in total. The molecule has 2 fully saturated rings. The van der Waals surface area contributed by atoms with E-state index in [9.17, 15) is 19.2 Å². The number of amides is 4. The van der Waals surface area contributed by atoms with Crippen LogP contribution in [0.15, 0.2) is 18.2 Å². The van der Waals surface area contributed by atoms with Crippen molar-refractivity contribution in [1.29, 1.82) is 0 Å². The maximum Gasteiger partial charge on any atom is 0.262 e. The number of imide groups is 2. The second-order valence-corrected chi connectivity index (χ2v) is 7.95. The molecule has 1 aromatic rings. The third-order valence-electron chi connectivity index (χ3n) is 5.97. The lowest BCUT2D eigenvalue weighted by Crippen LogP contribution is -2.54. The number of benzene rings is 1. The lowest BCUT2D eigenvalue weighted by atomic mass is 10.0. The van der Waals surface area contributed by atoms with E-state index in [2.05, 4.69) is 22.2 Å². The Hall–Kier alpha value is -2.62. The molecule has 0 saturated carbocycles. The van der Waals surface area contributed by atoms with E-state index < -0.39 is 23.8 Å². The van der Waals surface area contributed by atoms with Crippen molar-refractivity contribution in [2.45, 2.75) is 31.5 Å². The first kappa shape index (κ1) is 19.7. The molecule has 0 radical (unpaired) electrons. The highest BCUT2D eigenvalue weighted by molar-refractivity contribution is 6.23. The van der Waals surface area contributed by atoms with Crippen LogP contribution < -0.4 is 11.1 Å². The number of hydrogen-bond acceptors (Lipinski definition) is 7. The summed E-state index contributed by atoms with van der Waals surface area (Å²) in [5.74, 6) is -1.94. The van der Waals surface area contributed by atoms with Crippen molar-refractivity contribution < 1.29 is 19.2 Å². The van der Waals surface area contributed by atoms with Gasteiger partial charge >= 0.3 is 0 Å². The predicted molar refractivity (Wildman–Crippen MR) is 104 cm³/mol. The third-order valence-corrected chi connectivity index (χ3v) is 5.97. The van der Waals surface area contributed by atoms with Crippen molar-refractivity contribution in [3.8, 4) is 0 Å². The SMILES string of the molecule is CN1CCN(Cc2ccc3c(c2)C(=O)N(C2CCC(=O)NC2=O)C3=O)C(CN)C1. The molecular formula is C20H25N5O4. The van der Waals surface area contributed by atoms with Gasteiger partial charge in [0.25, 0.3) is 11.8 Å². The van der Waals surface area contributed by atoms with Crippen molar-refractivity contribution in [3.05, 3.63) is 34.9 Å². The second-order valence-electron chi connectivity index (χ2n) is 7.95. The van der Waals surface area contributed by atoms with E-state index in [0.29, 0.717) is 24.2 Å². The number of carbonyl (C=O) groups is 4. The number of piperidine rings is 1. The molecule has 0 bridgehead atoms. The summed E-state index contributed by atoms with van der Waals surface area (Å²) in [4.78, 5) is 54.8. The van der Waals surface area contributed by atoms with Crippen molar-refractivity contribution in [2.24, 2.45) is 5.73 Å². The van der Waals surface area contributed by atoms with Crippen LogP contribution in [-0.2, 0) is 16.1 Å². The Labute approximate surface area is 168 Å². The second kappa shape index (κ2) is 7.66. The average Bonchev–Trinajstić information content (AvgIpc) is 2.94. The predicted octanol–water partition coefficient (Wildman–Crippen LogP) is -0.837. The molecule has 3 N–H and O–H groups in total. The highest BCUT2D eigenvalue weighted by atomic mass is 16.2. The van der Waals surface area contributed by atoms with Gasteiger partial charge in [-0.25, -0.2) is 0 Å². The van der Waals surface area contributed by atoms with Crippen molar-refractivity contribution >= 4 is 23.6 Å². The maximum absolute atomic E-state index is 12.9. The van der Waals surface area contributed by atoms with Crippen molar-refractivity contribution in [1.82, 2.24) is 20.0 Å². The molecule has 4 rings (SSSR count). The maximum atomic E-state index is 12.9. The Bertz CT molecular complexity index is 886. The number of likely N-dealkylation sites (N-methyl/N-ethyl adjacent to an activating group) is 1. The number of nitrogens with two attached hydrogens (primary N) is 1. The number of hydrogen-bond donors (Lipinski definition) is 2. The van der Waals surface area contributed by atoms with E-state index in [0.717, 1.165) is 30.1 Å². The molecule has 9 heteroatoms. The minimum Gasteiger partial charge on any atom is -0.329 e. The molecule has 0 spiro atoms. The zero-order valence-electron chi connectivity index (χ0n) is 16.4. The Morgan fingerprint density at radius 1 is 1.10 bits per heavy atom. The monoisotopic (exact) mass is 399 g/mol. The lowest BCUT2D eigenvalue weighted by Gasteiger charge is -2.39. The van der Waals surface area contributed by atoms with Gasteiger partial charge in [0.1, 0.15) is 6.04 Å². The third kappa shape index (κ3) is 3.57. The smallest absolute Gasteiger partial charge is 0.262 e. The summed E-state index contributed by atoms with van der Waals surface area (Å²) in [6, 6.07) is 4.55. The van der Waals surface area contributed by atoms with Gasteiger partial charge in [0.05, 0.1) is 11.1 Å². The number of carbonyl (C=O) groups excluding carboxylic acids is 4. The van der Waals surface area contributed by atoms with Gasteiger partial charge in [0, 0.05) is 45.2 Å². The van der Waals surface area contributed by atoms with Crippen LogP contribution in [0.25, 0.3) is 0 Å². The molecule has 4 amide bonds. The summed E-state index contributed by atoms with van der Waals surface area (Å²) in [7, 11) is 2.07. The van der Waals surface area contributed by atoms with Gasteiger partial charge in [-0.2, -0.15) is 0 Å². The van der Waals surface area contributed by atoms with E-state index in [4.69, 9.17) is 5.73 Å². The zero-order valence-corrected chi connectivity index (χ0v) is 16.4. The number of nitrogens with zero attached hydrogens (tertiary/aromatic N) is 3. The van der Waals surface area contributed by atoms with Gasteiger partial charge in [-0.1, -0.05) is 6.07 Å². The summed E-state index contributed by atoms with van der Waals surface area (Å²) >= 11 is 0. The summed E-state index contributed by atoms with van der Waals surface area (Å²) in [5, 5.41) is 2.21. The molecule has 0 aliphatic carbocycles. The quantitative estimate of drug-likeness (QED) is 0.635. The van der Waals surface area contributed by atoms with Crippen LogP contribution in [0.3, 0.4) is 0 Å². The van der Waals surface area contributed by atoms with Crippen LogP contribution in [0.4, 0.5) is 0 Å². The normalized spacial score (nSPS) is 26.1. The van der Waals surface area contributed by atoms with Crippen LogP contribution in [0.5, 0.6) is 0 Å². The van der Waals surface area contributed by atoms with Crippen LogP contribution in [0.1, 0.15) is 39.1 Å². The number of fused-ring (bicyclic) bond motifs is 1. The Kier molecular flexibility index (Phi) is 5.20. The van der Waals surface area contributed by atoms with E-state index >= 15 is 0 Å². The van der Waals surface area contributed by atoms with Crippen molar-refractivity contribution in [3.63, 3.8) is 0 Å². The summed E-state index contributed by atoms with van der Waals surface area (Å²) in [5.41, 5.74) is 7.48. The van der Waals surface area contributed by atoms with Gasteiger partial charge in [-0.05, 0) is 31.2 Å². The molecule has 2 atom stereocenters. The van der Waals surface area contributed by atoms with E-state index in [1.807, 2.05) is 6.07 Å². The Morgan fingerprint density at radius 3 is 2.59 bits per heavy atom. The van der Waals surface area contributed by atoms with E-state index in [-0.39, 0.29) is 24.8 Å². The van der Waals surface area contributed by atoms with Gasteiger partial charge < -0.3 is 10.6 Å². The Balaban J connectivity index is 1.54. The van der Waals surface area contributed by atoms with Crippen LogP contribution in [-0.4, -0.2) is 83.6 Å². The molecule has 154 valence electrons. The molecule has 2 saturated heterocycles. The minimum absolute atomic E-state index is 0.110. The van der Waals surface area contributed by atoms with Crippen LogP contribution in [0.2, 0.25) is 0 Å². The van der Waals surface area contributed by atoms with Gasteiger partial charge in [-0.15, -0.1) is 0 Å². The molecular weight excluding hydrogens is 374 g/mol. The van der Waals surface area contributed by atoms with Crippen LogP contribution >= 0.6 is 0 Å². The number of rotatable bonds is 4. The first-order valence-electron chi connectivity index (χ1n) is 9.86. The summed E-state index contributed by atoms with van der Waals surface area (Å²) in [6.07, 6.45) is 0.265. The lowest BCUT2D eigenvalue weighted by molar-refractivity contribution is -0.136.